The molecule has 0 bridgehead atoms. The second-order valence-electron chi connectivity index (χ2n) is 7.06. The molecular formula is C22H26N2O3. The maximum Gasteiger partial charge on any atom is 0.224 e. The van der Waals surface area contributed by atoms with Crippen LogP contribution in [0.2, 0.25) is 0 Å². The lowest BCUT2D eigenvalue weighted by Crippen LogP contribution is -2.31. The Morgan fingerprint density at radius 1 is 1.11 bits per heavy atom. The number of benzene rings is 2. The van der Waals surface area contributed by atoms with Crippen molar-refractivity contribution < 1.29 is 14.3 Å². The first-order valence-electron chi connectivity index (χ1n) is 9.24. The first kappa shape index (κ1) is 19.0. The number of hydrogen-bond acceptors (Lipinski definition) is 3. The molecule has 0 saturated carbocycles. The molecule has 0 aromatic heterocycles. The van der Waals surface area contributed by atoms with E-state index in [0.717, 1.165) is 28.1 Å². The monoisotopic (exact) mass is 366 g/mol. The fraction of sp³-hybridized carbons (Fsp3) is 0.364. The SMILES string of the molecule is CC(=O)N1CCOc2ccc([C@H](C)N(C(C)=O)c3ccc(C)cc3)cc2C1. The molecule has 3 rings (SSSR count). The van der Waals surface area contributed by atoms with Crippen LogP contribution < -0.4 is 9.64 Å². The van der Waals surface area contributed by atoms with Crippen LogP contribution in [0.25, 0.3) is 0 Å². The molecule has 2 aromatic rings. The van der Waals surface area contributed by atoms with Crippen LogP contribution in [0.1, 0.15) is 43.5 Å². The number of anilines is 1. The molecule has 2 aromatic carbocycles. The summed E-state index contributed by atoms with van der Waals surface area (Å²) in [7, 11) is 0. The molecule has 0 fully saturated rings. The number of carbonyl (C=O) groups excluding carboxylic acids is 2. The van der Waals surface area contributed by atoms with Crippen molar-refractivity contribution in [1.29, 1.82) is 0 Å². The molecule has 0 N–H and O–H groups in total. The Balaban J connectivity index is 1.93. The van der Waals surface area contributed by atoms with E-state index in [4.69, 9.17) is 4.74 Å². The summed E-state index contributed by atoms with van der Waals surface area (Å²) >= 11 is 0. The molecule has 5 nitrogen and oxygen atoms in total. The first-order chi connectivity index (χ1) is 12.9. The highest BCUT2D eigenvalue weighted by Gasteiger charge is 2.23. The van der Waals surface area contributed by atoms with Crippen LogP contribution in [0.4, 0.5) is 5.69 Å². The summed E-state index contributed by atoms with van der Waals surface area (Å²) in [5, 5.41) is 0. The van der Waals surface area contributed by atoms with Crippen LogP contribution in [0.15, 0.2) is 42.5 Å². The van der Waals surface area contributed by atoms with Crippen LogP contribution >= 0.6 is 0 Å². The molecule has 1 heterocycles. The van der Waals surface area contributed by atoms with Gasteiger partial charge in [0.15, 0.2) is 0 Å². The summed E-state index contributed by atoms with van der Waals surface area (Å²) in [5.41, 5.74) is 4.01. The van der Waals surface area contributed by atoms with Gasteiger partial charge in [0, 0.05) is 31.6 Å². The Bertz CT molecular complexity index is 845. The molecule has 0 unspecified atom stereocenters. The lowest BCUT2D eigenvalue weighted by molar-refractivity contribution is -0.129. The Morgan fingerprint density at radius 3 is 2.44 bits per heavy atom. The van der Waals surface area contributed by atoms with Crippen LogP contribution in [0.3, 0.4) is 0 Å². The van der Waals surface area contributed by atoms with Crippen molar-refractivity contribution in [2.45, 2.75) is 40.3 Å². The summed E-state index contributed by atoms with van der Waals surface area (Å²) in [4.78, 5) is 27.8. The average Bonchev–Trinajstić information content (AvgIpc) is 2.85. The number of aryl methyl sites for hydroxylation is 1. The van der Waals surface area contributed by atoms with E-state index in [1.54, 1.807) is 23.6 Å². The van der Waals surface area contributed by atoms with Crippen molar-refractivity contribution in [3.63, 3.8) is 0 Å². The molecule has 1 aliphatic heterocycles. The minimum atomic E-state index is -0.135. The standard InChI is InChI=1S/C22H26N2O3/c1-15-5-8-21(9-6-15)24(18(4)26)16(2)19-7-10-22-20(13-19)14-23(17(3)25)11-12-27-22/h5-10,13,16H,11-12,14H2,1-4H3/t16-/m0/s1. The fourth-order valence-corrected chi connectivity index (χ4v) is 3.48. The number of rotatable bonds is 3. The number of hydrogen-bond donors (Lipinski definition) is 0. The van der Waals surface area contributed by atoms with Gasteiger partial charge in [-0.2, -0.15) is 0 Å². The Labute approximate surface area is 160 Å². The molecule has 27 heavy (non-hydrogen) atoms. The van der Waals surface area contributed by atoms with Gasteiger partial charge in [-0.1, -0.05) is 23.8 Å². The molecular weight excluding hydrogens is 340 g/mol. The molecule has 2 amide bonds. The quantitative estimate of drug-likeness (QED) is 0.829. The van der Waals surface area contributed by atoms with E-state index in [-0.39, 0.29) is 17.9 Å². The van der Waals surface area contributed by atoms with Crippen molar-refractivity contribution in [2.75, 3.05) is 18.1 Å². The number of ether oxygens (including phenoxy) is 1. The molecule has 0 radical (unpaired) electrons. The summed E-state index contributed by atoms with van der Waals surface area (Å²) in [5.74, 6) is 0.831. The van der Waals surface area contributed by atoms with Gasteiger partial charge in [-0.25, -0.2) is 0 Å². The van der Waals surface area contributed by atoms with E-state index in [9.17, 15) is 9.59 Å². The Hall–Kier alpha value is -2.82. The van der Waals surface area contributed by atoms with Crippen molar-refractivity contribution >= 4 is 17.5 Å². The van der Waals surface area contributed by atoms with E-state index < -0.39 is 0 Å². The molecule has 0 saturated heterocycles. The van der Waals surface area contributed by atoms with E-state index in [2.05, 4.69) is 0 Å². The number of amides is 2. The number of fused-ring (bicyclic) bond motifs is 1. The zero-order valence-corrected chi connectivity index (χ0v) is 16.4. The first-order valence-corrected chi connectivity index (χ1v) is 9.24. The topological polar surface area (TPSA) is 49.9 Å². The van der Waals surface area contributed by atoms with Gasteiger partial charge in [0.1, 0.15) is 12.4 Å². The molecule has 142 valence electrons. The van der Waals surface area contributed by atoms with Gasteiger partial charge in [0.05, 0.1) is 12.6 Å². The summed E-state index contributed by atoms with van der Waals surface area (Å²) in [6.45, 7) is 8.80. The predicted molar refractivity (Wildman–Crippen MR) is 106 cm³/mol. The summed E-state index contributed by atoms with van der Waals surface area (Å²) in [6, 6.07) is 13.8. The summed E-state index contributed by atoms with van der Waals surface area (Å²) in [6.07, 6.45) is 0. The maximum absolute atomic E-state index is 12.4. The van der Waals surface area contributed by atoms with E-state index >= 15 is 0 Å². The fourth-order valence-electron chi connectivity index (χ4n) is 3.48. The van der Waals surface area contributed by atoms with Crippen LogP contribution in [-0.2, 0) is 16.1 Å². The average molecular weight is 366 g/mol. The van der Waals surface area contributed by atoms with Crippen LogP contribution in [0.5, 0.6) is 5.75 Å². The van der Waals surface area contributed by atoms with Gasteiger partial charge in [-0.15, -0.1) is 0 Å². The second-order valence-corrected chi connectivity index (χ2v) is 7.06. The zero-order chi connectivity index (χ0) is 19.6. The van der Waals surface area contributed by atoms with Crippen molar-refractivity contribution in [1.82, 2.24) is 4.90 Å². The normalized spacial score (nSPS) is 14.6. The van der Waals surface area contributed by atoms with Gasteiger partial charge in [-0.3, -0.25) is 9.59 Å². The van der Waals surface area contributed by atoms with E-state index in [1.165, 1.54) is 0 Å². The third-order valence-corrected chi connectivity index (χ3v) is 5.03. The van der Waals surface area contributed by atoms with E-state index in [1.807, 2.05) is 56.3 Å². The van der Waals surface area contributed by atoms with Gasteiger partial charge in [0.25, 0.3) is 0 Å². The highest BCUT2D eigenvalue weighted by molar-refractivity contribution is 5.92. The van der Waals surface area contributed by atoms with Gasteiger partial charge < -0.3 is 14.5 Å². The molecule has 5 heteroatoms. The molecule has 1 atom stereocenters. The minimum absolute atomic E-state index is 0.0112. The van der Waals surface area contributed by atoms with Gasteiger partial charge >= 0.3 is 0 Å². The lowest BCUT2D eigenvalue weighted by Gasteiger charge is -2.29. The maximum atomic E-state index is 12.4. The van der Waals surface area contributed by atoms with Crippen molar-refractivity contribution in [3.05, 3.63) is 59.2 Å². The summed E-state index contributed by atoms with van der Waals surface area (Å²) < 4.78 is 5.79. The second kappa shape index (κ2) is 7.82. The highest BCUT2D eigenvalue weighted by atomic mass is 16.5. The predicted octanol–water partition coefficient (Wildman–Crippen LogP) is 3.85. The Morgan fingerprint density at radius 2 is 1.81 bits per heavy atom. The minimum Gasteiger partial charge on any atom is -0.491 e. The lowest BCUT2D eigenvalue weighted by atomic mass is 10.0. The van der Waals surface area contributed by atoms with Gasteiger partial charge in [0.2, 0.25) is 11.8 Å². The zero-order valence-electron chi connectivity index (χ0n) is 16.4. The number of carbonyl (C=O) groups is 2. The molecule has 0 aliphatic carbocycles. The molecule has 1 aliphatic rings. The smallest absolute Gasteiger partial charge is 0.224 e. The van der Waals surface area contributed by atoms with Crippen LogP contribution in [0, 0.1) is 6.92 Å². The largest absolute Gasteiger partial charge is 0.491 e. The highest BCUT2D eigenvalue weighted by Crippen LogP contribution is 2.32. The van der Waals surface area contributed by atoms with Crippen LogP contribution in [-0.4, -0.2) is 29.9 Å². The number of nitrogens with zero attached hydrogens (tertiary/aromatic N) is 2. The third kappa shape index (κ3) is 4.13. The third-order valence-electron chi connectivity index (χ3n) is 5.03. The van der Waals surface area contributed by atoms with Crippen molar-refractivity contribution in [2.24, 2.45) is 0 Å². The molecule has 0 spiro atoms. The van der Waals surface area contributed by atoms with Crippen molar-refractivity contribution in [3.8, 4) is 5.75 Å². The Kier molecular flexibility index (Phi) is 5.49. The van der Waals surface area contributed by atoms with Gasteiger partial charge in [-0.05, 0) is 43.7 Å². The van der Waals surface area contributed by atoms with E-state index in [0.29, 0.717) is 19.7 Å².